The molecular formula is C13H13NS2. The summed E-state index contributed by atoms with van der Waals surface area (Å²) in [6.45, 7) is 0. The molecule has 0 unspecified atom stereocenters. The first kappa shape index (κ1) is 10.4. The summed E-state index contributed by atoms with van der Waals surface area (Å²) in [4.78, 5) is 6.02. The molecule has 3 rings (SSSR count). The molecule has 1 fully saturated rings. The van der Waals surface area contributed by atoms with E-state index >= 15 is 0 Å². The number of thioether (sulfide) groups is 1. The van der Waals surface area contributed by atoms with Crippen molar-refractivity contribution in [3.63, 3.8) is 0 Å². The molecule has 1 aliphatic rings. The Bertz CT molecular complexity index is 483. The summed E-state index contributed by atoms with van der Waals surface area (Å²) in [7, 11) is 0. The Morgan fingerprint density at radius 2 is 2.00 bits per heavy atom. The van der Waals surface area contributed by atoms with Crippen molar-refractivity contribution in [3.05, 3.63) is 34.7 Å². The number of hydrogen-bond acceptors (Lipinski definition) is 3. The van der Waals surface area contributed by atoms with Gasteiger partial charge in [0.25, 0.3) is 0 Å². The third-order valence-electron chi connectivity index (χ3n) is 2.83. The van der Waals surface area contributed by atoms with Crippen LogP contribution in [-0.2, 0) is 0 Å². The van der Waals surface area contributed by atoms with Crippen molar-refractivity contribution >= 4 is 23.1 Å². The summed E-state index contributed by atoms with van der Waals surface area (Å²) in [5, 5.41) is 3.51. The van der Waals surface area contributed by atoms with Crippen molar-refractivity contribution in [1.82, 2.24) is 4.98 Å². The molecule has 1 aromatic carbocycles. The van der Waals surface area contributed by atoms with E-state index in [9.17, 15) is 0 Å². The van der Waals surface area contributed by atoms with Crippen molar-refractivity contribution in [3.8, 4) is 11.3 Å². The van der Waals surface area contributed by atoms with Crippen LogP contribution < -0.4 is 0 Å². The molecule has 0 amide bonds. The maximum atomic E-state index is 4.71. The smallest absolute Gasteiger partial charge is 0.0963 e. The number of hydrogen-bond donors (Lipinski definition) is 0. The number of thiazole rings is 1. The number of nitrogens with zero attached hydrogens (tertiary/aromatic N) is 1. The molecule has 0 atom stereocenters. The second-order valence-corrected chi connectivity index (χ2v) is 5.84. The molecule has 3 heteroatoms. The molecule has 0 spiro atoms. The van der Waals surface area contributed by atoms with Crippen LogP contribution in [0.5, 0.6) is 0 Å². The zero-order chi connectivity index (χ0) is 11.0. The van der Waals surface area contributed by atoms with Crippen LogP contribution in [0.15, 0.2) is 34.5 Å². The second kappa shape index (κ2) is 4.22. The van der Waals surface area contributed by atoms with Gasteiger partial charge in [0.15, 0.2) is 0 Å². The molecule has 1 heterocycles. The summed E-state index contributed by atoms with van der Waals surface area (Å²) in [5.74, 6) is 0.768. The predicted octanol–water partition coefficient (Wildman–Crippen LogP) is 4.41. The topological polar surface area (TPSA) is 12.9 Å². The quantitative estimate of drug-likeness (QED) is 0.745. The van der Waals surface area contributed by atoms with Crippen molar-refractivity contribution in [2.45, 2.75) is 23.7 Å². The van der Waals surface area contributed by atoms with E-state index in [0.29, 0.717) is 0 Å². The zero-order valence-electron chi connectivity index (χ0n) is 9.14. The highest BCUT2D eigenvalue weighted by atomic mass is 32.2. The highest BCUT2D eigenvalue weighted by molar-refractivity contribution is 7.98. The van der Waals surface area contributed by atoms with Gasteiger partial charge in [-0.3, -0.25) is 0 Å². The van der Waals surface area contributed by atoms with Crippen LogP contribution in [0.1, 0.15) is 23.8 Å². The zero-order valence-corrected chi connectivity index (χ0v) is 10.8. The monoisotopic (exact) mass is 247 g/mol. The molecule has 1 aliphatic carbocycles. The van der Waals surface area contributed by atoms with E-state index in [1.165, 1.54) is 28.3 Å². The largest absolute Gasteiger partial charge is 0.241 e. The number of benzene rings is 1. The SMILES string of the molecule is CSc1ccc(-c2csc(C3CC3)n2)cc1. The van der Waals surface area contributed by atoms with Crippen LogP contribution in [-0.4, -0.2) is 11.2 Å². The average molecular weight is 247 g/mol. The lowest BCUT2D eigenvalue weighted by molar-refractivity contribution is 1.08. The minimum absolute atomic E-state index is 0.768. The van der Waals surface area contributed by atoms with Gasteiger partial charge in [-0.2, -0.15) is 0 Å². The molecule has 2 aromatic rings. The highest BCUT2D eigenvalue weighted by Gasteiger charge is 2.26. The van der Waals surface area contributed by atoms with Crippen LogP contribution >= 0.6 is 23.1 Å². The minimum atomic E-state index is 0.768. The summed E-state index contributed by atoms with van der Waals surface area (Å²) >= 11 is 3.58. The second-order valence-electron chi connectivity index (χ2n) is 4.07. The molecule has 0 N–H and O–H groups in total. The Morgan fingerprint density at radius 1 is 1.25 bits per heavy atom. The summed E-state index contributed by atoms with van der Waals surface area (Å²) in [5.41, 5.74) is 2.38. The summed E-state index contributed by atoms with van der Waals surface area (Å²) in [6, 6.07) is 8.65. The van der Waals surface area contributed by atoms with Gasteiger partial charge in [0.1, 0.15) is 0 Å². The number of rotatable bonds is 3. The van der Waals surface area contributed by atoms with E-state index < -0.39 is 0 Å². The molecule has 1 nitrogen and oxygen atoms in total. The van der Waals surface area contributed by atoms with E-state index in [0.717, 1.165) is 11.6 Å². The molecule has 0 aliphatic heterocycles. The lowest BCUT2D eigenvalue weighted by atomic mass is 10.2. The van der Waals surface area contributed by atoms with Crippen LogP contribution in [0.4, 0.5) is 0 Å². The maximum Gasteiger partial charge on any atom is 0.0963 e. The summed E-state index contributed by atoms with van der Waals surface area (Å²) < 4.78 is 0. The first-order valence-electron chi connectivity index (χ1n) is 5.46. The van der Waals surface area contributed by atoms with Gasteiger partial charge < -0.3 is 0 Å². The van der Waals surface area contributed by atoms with E-state index in [1.54, 1.807) is 11.8 Å². The van der Waals surface area contributed by atoms with Gasteiger partial charge in [-0.1, -0.05) is 12.1 Å². The average Bonchev–Trinajstić information content (AvgIpc) is 3.08. The van der Waals surface area contributed by atoms with Crippen LogP contribution in [0.25, 0.3) is 11.3 Å². The molecule has 82 valence electrons. The molecule has 0 saturated heterocycles. The Labute approximate surface area is 104 Å². The molecule has 0 bridgehead atoms. The first-order valence-corrected chi connectivity index (χ1v) is 7.57. The van der Waals surface area contributed by atoms with Gasteiger partial charge in [-0.25, -0.2) is 4.98 Å². The van der Waals surface area contributed by atoms with Crippen molar-refractivity contribution in [2.75, 3.05) is 6.26 Å². The Hall–Kier alpha value is -0.800. The molecule has 0 radical (unpaired) electrons. The fourth-order valence-corrected chi connectivity index (χ4v) is 3.11. The normalized spacial score (nSPS) is 15.3. The molecule has 1 aromatic heterocycles. The van der Waals surface area contributed by atoms with Crippen LogP contribution in [0.3, 0.4) is 0 Å². The fourth-order valence-electron chi connectivity index (χ4n) is 1.70. The molecule has 16 heavy (non-hydrogen) atoms. The standard InChI is InChI=1S/C13H13NS2/c1-15-11-6-4-9(5-7-11)12-8-16-13(14-12)10-2-3-10/h4-8,10H,2-3H2,1H3. The van der Waals surface area contributed by atoms with Gasteiger partial charge in [0.05, 0.1) is 10.7 Å². The third-order valence-corrected chi connectivity index (χ3v) is 4.59. The number of aromatic nitrogens is 1. The van der Waals surface area contributed by atoms with E-state index in [4.69, 9.17) is 4.98 Å². The summed E-state index contributed by atoms with van der Waals surface area (Å²) in [6.07, 6.45) is 4.76. The molecular weight excluding hydrogens is 234 g/mol. The Kier molecular flexibility index (Phi) is 2.74. The van der Waals surface area contributed by atoms with Crippen LogP contribution in [0, 0.1) is 0 Å². The lowest BCUT2D eigenvalue weighted by Gasteiger charge is -1.98. The van der Waals surface area contributed by atoms with E-state index in [-0.39, 0.29) is 0 Å². The first-order chi connectivity index (χ1) is 7.86. The van der Waals surface area contributed by atoms with E-state index in [2.05, 4.69) is 35.9 Å². The van der Waals surface area contributed by atoms with Crippen molar-refractivity contribution in [1.29, 1.82) is 0 Å². The highest BCUT2D eigenvalue weighted by Crippen LogP contribution is 2.42. The minimum Gasteiger partial charge on any atom is -0.241 e. The van der Waals surface area contributed by atoms with Gasteiger partial charge in [-0.05, 0) is 31.2 Å². The van der Waals surface area contributed by atoms with Gasteiger partial charge in [0, 0.05) is 21.8 Å². The van der Waals surface area contributed by atoms with E-state index in [1.807, 2.05) is 11.3 Å². The van der Waals surface area contributed by atoms with Crippen molar-refractivity contribution in [2.24, 2.45) is 0 Å². The van der Waals surface area contributed by atoms with Gasteiger partial charge in [-0.15, -0.1) is 23.1 Å². The van der Waals surface area contributed by atoms with Gasteiger partial charge >= 0.3 is 0 Å². The third kappa shape index (κ3) is 2.02. The predicted molar refractivity (Wildman–Crippen MR) is 71.3 cm³/mol. The van der Waals surface area contributed by atoms with Crippen molar-refractivity contribution < 1.29 is 0 Å². The molecule has 1 saturated carbocycles. The van der Waals surface area contributed by atoms with Gasteiger partial charge in [0.2, 0.25) is 0 Å². The fraction of sp³-hybridized carbons (Fsp3) is 0.308. The van der Waals surface area contributed by atoms with Crippen LogP contribution in [0.2, 0.25) is 0 Å². The lowest BCUT2D eigenvalue weighted by Crippen LogP contribution is -1.80. The Morgan fingerprint density at radius 3 is 2.62 bits per heavy atom. The maximum absolute atomic E-state index is 4.71. The Balaban J connectivity index is 1.88.